The number of ketones is 1. The van der Waals surface area contributed by atoms with E-state index in [9.17, 15) is 4.79 Å². The minimum atomic E-state index is -1.81. The minimum Gasteiger partial charge on any atom is -0.411 e. The molecule has 0 N–H and O–H groups in total. The highest BCUT2D eigenvalue weighted by atomic mass is 127. The zero-order valence-electron chi connectivity index (χ0n) is 17.1. The lowest BCUT2D eigenvalue weighted by Gasteiger charge is -2.40. The largest absolute Gasteiger partial charge is 0.411 e. The molecular formula is C20H37IO3Si. The van der Waals surface area contributed by atoms with E-state index < -0.39 is 8.32 Å². The first kappa shape index (κ1) is 23.3. The first-order chi connectivity index (χ1) is 11.5. The number of rotatable bonds is 9. The van der Waals surface area contributed by atoms with Crippen molar-refractivity contribution in [3.8, 4) is 0 Å². The quantitative estimate of drug-likeness (QED) is 0.294. The maximum absolute atomic E-state index is 12.4. The summed E-state index contributed by atoms with van der Waals surface area (Å²) in [5, 5.41) is 0.195. The molecule has 3 nitrogen and oxygen atoms in total. The standard InChI is InChI=1S/C20H37IO3Si/c1-15(9-8-11-21)13-17(22)14-16(2)19-18(10-12-23-19)24-25(6,7)20(3,4)5/h8,11,15-16,18-19H,9-10,12-14H2,1-7H3/b11-8+/t15-,16+,18+,19+/m1/s1. The minimum absolute atomic E-state index is 0.0580. The lowest BCUT2D eigenvalue weighted by atomic mass is 9.91. The van der Waals surface area contributed by atoms with Gasteiger partial charge in [-0.3, -0.25) is 4.79 Å². The molecule has 0 aliphatic carbocycles. The van der Waals surface area contributed by atoms with E-state index in [0.29, 0.717) is 24.5 Å². The molecule has 1 heterocycles. The zero-order valence-corrected chi connectivity index (χ0v) is 20.3. The molecule has 0 aromatic heterocycles. The highest BCUT2D eigenvalue weighted by Crippen LogP contribution is 2.40. The van der Waals surface area contributed by atoms with Gasteiger partial charge in [0.25, 0.3) is 0 Å². The molecule has 0 aromatic rings. The second kappa shape index (κ2) is 9.99. The Kier molecular flexibility index (Phi) is 9.32. The molecule has 1 aliphatic heterocycles. The molecule has 1 saturated heterocycles. The summed E-state index contributed by atoms with van der Waals surface area (Å²) in [7, 11) is -1.81. The molecule has 0 radical (unpaired) electrons. The van der Waals surface area contributed by atoms with Gasteiger partial charge in [-0.2, -0.15) is 0 Å². The molecule has 0 aromatic carbocycles. The Balaban J connectivity index is 2.59. The van der Waals surface area contributed by atoms with Gasteiger partial charge < -0.3 is 9.16 Å². The Morgan fingerprint density at radius 3 is 2.52 bits per heavy atom. The van der Waals surface area contributed by atoms with E-state index in [1.165, 1.54) is 0 Å². The van der Waals surface area contributed by atoms with Crippen molar-refractivity contribution < 1.29 is 14.0 Å². The predicted octanol–water partition coefficient (Wildman–Crippen LogP) is 6.13. The summed E-state index contributed by atoms with van der Waals surface area (Å²) in [6, 6.07) is 0. The van der Waals surface area contributed by atoms with Crippen LogP contribution in [0.3, 0.4) is 0 Å². The third-order valence-electron chi connectivity index (χ3n) is 5.65. The van der Waals surface area contributed by atoms with E-state index in [4.69, 9.17) is 9.16 Å². The molecule has 25 heavy (non-hydrogen) atoms. The SMILES string of the molecule is C[C@H](C/C=C/I)CC(=O)C[C@H](C)[C@@H]1OCC[C@@H]1O[Si](C)(C)C(C)(C)C. The van der Waals surface area contributed by atoms with Gasteiger partial charge in [-0.1, -0.05) is 63.3 Å². The Hall–Kier alpha value is 0.277. The summed E-state index contributed by atoms with van der Waals surface area (Å²) in [5.41, 5.74) is 0. The van der Waals surface area contributed by atoms with Gasteiger partial charge in [-0.15, -0.1) is 0 Å². The van der Waals surface area contributed by atoms with Crippen molar-refractivity contribution >= 4 is 36.7 Å². The number of ether oxygens (including phenoxy) is 1. The van der Waals surface area contributed by atoms with Gasteiger partial charge >= 0.3 is 0 Å². The summed E-state index contributed by atoms with van der Waals surface area (Å²) in [4.78, 5) is 12.4. The van der Waals surface area contributed by atoms with Gasteiger partial charge in [0, 0.05) is 19.4 Å². The summed E-state index contributed by atoms with van der Waals surface area (Å²) in [6.07, 6.45) is 5.51. The topological polar surface area (TPSA) is 35.5 Å². The van der Waals surface area contributed by atoms with Crippen LogP contribution in [0.15, 0.2) is 10.2 Å². The van der Waals surface area contributed by atoms with Crippen molar-refractivity contribution in [3.63, 3.8) is 0 Å². The van der Waals surface area contributed by atoms with E-state index >= 15 is 0 Å². The van der Waals surface area contributed by atoms with E-state index in [0.717, 1.165) is 19.4 Å². The summed E-state index contributed by atoms with van der Waals surface area (Å²) in [5.74, 6) is 0.981. The number of hydrogen-bond acceptors (Lipinski definition) is 3. The number of hydrogen-bond donors (Lipinski definition) is 0. The molecule has 1 fully saturated rings. The van der Waals surface area contributed by atoms with Crippen molar-refractivity contribution in [2.75, 3.05) is 6.61 Å². The third kappa shape index (κ3) is 7.43. The normalized spacial score (nSPS) is 24.6. The number of Topliss-reactive ketones (excluding diaryl/α,β-unsaturated/α-hetero) is 1. The Bertz CT molecular complexity index is 456. The molecule has 1 aliphatic rings. The second-order valence-electron chi connectivity index (χ2n) is 9.17. The lowest BCUT2D eigenvalue weighted by Crippen LogP contribution is -2.47. The summed E-state index contributed by atoms with van der Waals surface area (Å²) < 4.78 is 14.6. The maximum atomic E-state index is 12.4. The zero-order chi connectivity index (χ0) is 19.3. The van der Waals surface area contributed by atoms with Gasteiger partial charge in [-0.25, -0.2) is 0 Å². The molecule has 0 amide bonds. The Morgan fingerprint density at radius 1 is 1.32 bits per heavy atom. The molecule has 0 saturated carbocycles. The van der Waals surface area contributed by atoms with Crippen LogP contribution in [0.4, 0.5) is 0 Å². The predicted molar refractivity (Wildman–Crippen MR) is 117 cm³/mol. The van der Waals surface area contributed by atoms with E-state index in [-0.39, 0.29) is 23.2 Å². The van der Waals surface area contributed by atoms with Crippen LogP contribution in [0.2, 0.25) is 18.1 Å². The Morgan fingerprint density at radius 2 is 1.96 bits per heavy atom. The highest BCUT2D eigenvalue weighted by Gasteiger charge is 2.43. The average molecular weight is 481 g/mol. The molecule has 4 atom stereocenters. The first-order valence-electron chi connectivity index (χ1n) is 9.54. The summed E-state index contributed by atoms with van der Waals surface area (Å²) in [6.45, 7) is 16.4. The molecule has 0 bridgehead atoms. The van der Waals surface area contributed by atoms with Gasteiger partial charge in [-0.05, 0) is 46.9 Å². The fourth-order valence-corrected chi connectivity index (χ4v) is 4.77. The summed E-state index contributed by atoms with van der Waals surface area (Å²) >= 11 is 2.23. The highest BCUT2D eigenvalue weighted by molar-refractivity contribution is 14.1. The van der Waals surface area contributed by atoms with Crippen LogP contribution < -0.4 is 0 Å². The Labute approximate surface area is 169 Å². The van der Waals surface area contributed by atoms with Crippen molar-refractivity contribution in [2.24, 2.45) is 11.8 Å². The smallest absolute Gasteiger partial charge is 0.192 e. The number of carbonyl (C=O) groups excluding carboxylic acids is 1. The van der Waals surface area contributed by atoms with Gasteiger partial charge in [0.1, 0.15) is 5.78 Å². The third-order valence-corrected chi connectivity index (χ3v) is 10.7. The monoisotopic (exact) mass is 480 g/mol. The fraction of sp³-hybridized carbons (Fsp3) is 0.850. The molecule has 5 heteroatoms. The van der Waals surface area contributed by atoms with E-state index in [1.807, 2.05) is 4.08 Å². The van der Waals surface area contributed by atoms with Gasteiger partial charge in [0.15, 0.2) is 8.32 Å². The van der Waals surface area contributed by atoms with Gasteiger partial charge in [0.05, 0.1) is 12.2 Å². The van der Waals surface area contributed by atoms with Gasteiger partial charge in [0.2, 0.25) is 0 Å². The van der Waals surface area contributed by atoms with Crippen molar-refractivity contribution in [1.29, 1.82) is 0 Å². The van der Waals surface area contributed by atoms with E-state index in [2.05, 4.69) is 76.4 Å². The lowest BCUT2D eigenvalue weighted by molar-refractivity contribution is -0.122. The van der Waals surface area contributed by atoms with Crippen LogP contribution >= 0.6 is 22.6 Å². The van der Waals surface area contributed by atoms with Crippen LogP contribution in [-0.4, -0.2) is 32.9 Å². The number of carbonyl (C=O) groups is 1. The molecule has 0 spiro atoms. The van der Waals surface area contributed by atoms with Crippen LogP contribution in [0, 0.1) is 11.8 Å². The first-order valence-corrected chi connectivity index (χ1v) is 13.7. The van der Waals surface area contributed by atoms with Crippen molar-refractivity contribution in [1.82, 2.24) is 0 Å². The number of allylic oxidation sites excluding steroid dienone is 1. The second-order valence-corrected chi connectivity index (χ2v) is 14.6. The number of halogens is 1. The molecule has 146 valence electrons. The fourth-order valence-electron chi connectivity index (χ4n) is 3.12. The molecular weight excluding hydrogens is 443 g/mol. The van der Waals surface area contributed by atoms with Crippen LogP contribution in [-0.2, 0) is 14.0 Å². The molecule has 0 unspecified atom stereocenters. The average Bonchev–Trinajstić information content (AvgIpc) is 2.91. The van der Waals surface area contributed by atoms with Crippen LogP contribution in [0.25, 0.3) is 0 Å². The van der Waals surface area contributed by atoms with Crippen molar-refractivity contribution in [2.45, 2.75) is 90.6 Å². The van der Waals surface area contributed by atoms with E-state index in [1.54, 1.807) is 0 Å². The van der Waals surface area contributed by atoms with Crippen LogP contribution in [0.5, 0.6) is 0 Å². The van der Waals surface area contributed by atoms with Crippen LogP contribution in [0.1, 0.15) is 60.3 Å². The van der Waals surface area contributed by atoms with Crippen molar-refractivity contribution in [3.05, 3.63) is 10.2 Å². The maximum Gasteiger partial charge on any atom is 0.192 e. The molecule has 1 rings (SSSR count).